The molecule has 0 N–H and O–H groups in total. The molecular weight excluding hydrogens is 350 g/mol. The van der Waals surface area contributed by atoms with Gasteiger partial charge in [-0.3, -0.25) is 4.28 Å². The van der Waals surface area contributed by atoms with Crippen molar-refractivity contribution >= 4 is 26.6 Å². The number of benzene rings is 3. The Morgan fingerprint density at radius 2 is 1.73 bits per heavy atom. The van der Waals surface area contributed by atoms with Gasteiger partial charge >= 0.3 is 10.1 Å². The van der Waals surface area contributed by atoms with E-state index in [2.05, 4.69) is 5.16 Å². The maximum Gasteiger partial charge on any atom is 0.358 e. The highest BCUT2D eigenvalue weighted by Crippen LogP contribution is 2.35. The van der Waals surface area contributed by atoms with Gasteiger partial charge in [0.1, 0.15) is 22.5 Å². The zero-order chi connectivity index (χ0) is 18.3. The van der Waals surface area contributed by atoms with Crippen LogP contribution in [0.25, 0.3) is 10.8 Å². The molecule has 1 heterocycles. The summed E-state index contributed by atoms with van der Waals surface area (Å²) in [5.41, 5.74) is 2.20. The molecule has 1 atom stereocenters. The summed E-state index contributed by atoms with van der Waals surface area (Å²) >= 11 is 0. The molecule has 132 valence electrons. The van der Waals surface area contributed by atoms with E-state index in [1.807, 2.05) is 50.2 Å². The van der Waals surface area contributed by atoms with Crippen LogP contribution in [0.15, 0.2) is 70.7 Å². The molecule has 0 aliphatic carbocycles. The summed E-state index contributed by atoms with van der Waals surface area (Å²) < 4.78 is 35.6. The second-order valence-electron chi connectivity index (χ2n) is 6.24. The zero-order valence-electron chi connectivity index (χ0n) is 14.3. The number of aryl methyl sites for hydroxylation is 1. The van der Waals surface area contributed by atoms with Crippen LogP contribution < -0.4 is 4.74 Å². The lowest BCUT2D eigenvalue weighted by molar-refractivity contribution is 0.291. The molecule has 5 nitrogen and oxygen atoms in total. The number of nitrogens with zero attached hydrogens (tertiary/aromatic N) is 1. The Kier molecular flexibility index (Phi) is 3.92. The predicted molar refractivity (Wildman–Crippen MR) is 100 cm³/mol. The van der Waals surface area contributed by atoms with Gasteiger partial charge in [0.15, 0.2) is 0 Å². The highest BCUT2D eigenvalue weighted by molar-refractivity contribution is 7.86. The Morgan fingerprint density at radius 3 is 2.50 bits per heavy atom. The van der Waals surface area contributed by atoms with E-state index in [1.54, 1.807) is 12.1 Å². The molecule has 0 aromatic heterocycles. The fraction of sp³-hybridized carbons (Fsp3) is 0.150. The van der Waals surface area contributed by atoms with Crippen molar-refractivity contribution in [1.29, 1.82) is 0 Å². The van der Waals surface area contributed by atoms with Gasteiger partial charge in [-0.15, -0.1) is 0 Å². The van der Waals surface area contributed by atoms with Gasteiger partial charge in [-0.05, 0) is 42.8 Å². The fourth-order valence-corrected chi connectivity index (χ4v) is 3.75. The summed E-state index contributed by atoms with van der Waals surface area (Å²) in [6.07, 6.45) is -0.399. The maximum absolute atomic E-state index is 12.4. The molecule has 1 aliphatic rings. The van der Waals surface area contributed by atoms with Gasteiger partial charge in [0.2, 0.25) is 0 Å². The van der Waals surface area contributed by atoms with E-state index in [0.29, 0.717) is 11.5 Å². The topological polar surface area (TPSA) is 65.0 Å². The summed E-state index contributed by atoms with van der Waals surface area (Å²) in [4.78, 5) is 0.0668. The number of rotatable bonds is 3. The second-order valence-corrected chi connectivity index (χ2v) is 7.77. The standard InChI is InChI=1S/C20H17NO4S/c1-13-7-10-16(11-8-13)26(22,23)25-21-20-14(2)24-18-12-9-15-5-3-4-6-17(15)19(18)20/h3-12,14H,1-2H3/b21-20-. The van der Waals surface area contributed by atoms with E-state index in [4.69, 9.17) is 9.02 Å². The van der Waals surface area contributed by atoms with Gasteiger partial charge in [0.25, 0.3) is 0 Å². The number of hydrogen-bond donors (Lipinski definition) is 0. The molecule has 0 saturated heterocycles. The molecule has 3 aromatic rings. The molecule has 6 heteroatoms. The van der Waals surface area contributed by atoms with Crippen molar-refractivity contribution in [3.63, 3.8) is 0 Å². The number of ether oxygens (including phenoxy) is 1. The van der Waals surface area contributed by atoms with E-state index in [1.165, 1.54) is 12.1 Å². The molecule has 0 spiro atoms. The minimum absolute atomic E-state index is 0.0668. The quantitative estimate of drug-likeness (QED) is 0.656. The van der Waals surface area contributed by atoms with Crippen LogP contribution in [0, 0.1) is 6.92 Å². The average Bonchev–Trinajstić information content (AvgIpc) is 2.96. The maximum atomic E-state index is 12.4. The monoisotopic (exact) mass is 367 g/mol. The largest absolute Gasteiger partial charge is 0.484 e. The van der Waals surface area contributed by atoms with Gasteiger partial charge in [0.05, 0.1) is 5.56 Å². The minimum atomic E-state index is -3.99. The van der Waals surface area contributed by atoms with E-state index in [-0.39, 0.29) is 4.90 Å². The first-order valence-corrected chi connectivity index (χ1v) is 9.63. The van der Waals surface area contributed by atoms with E-state index >= 15 is 0 Å². The Balaban J connectivity index is 1.75. The van der Waals surface area contributed by atoms with Gasteiger partial charge in [-0.25, -0.2) is 0 Å². The Labute approximate surface area is 152 Å². The van der Waals surface area contributed by atoms with Gasteiger partial charge in [-0.2, -0.15) is 8.42 Å². The highest BCUT2D eigenvalue weighted by atomic mass is 32.2. The third-order valence-electron chi connectivity index (χ3n) is 4.38. The third-order valence-corrected chi connectivity index (χ3v) is 5.50. The average molecular weight is 367 g/mol. The Morgan fingerprint density at radius 1 is 1.00 bits per heavy atom. The summed E-state index contributed by atoms with van der Waals surface area (Å²) in [5, 5.41) is 5.94. The molecule has 0 saturated carbocycles. The molecule has 0 fully saturated rings. The summed E-state index contributed by atoms with van der Waals surface area (Å²) in [6.45, 7) is 3.70. The Bertz CT molecular complexity index is 1120. The third kappa shape index (κ3) is 2.82. The smallest absolute Gasteiger partial charge is 0.358 e. The van der Waals surface area contributed by atoms with Crippen LogP contribution in [0.2, 0.25) is 0 Å². The highest BCUT2D eigenvalue weighted by Gasteiger charge is 2.30. The van der Waals surface area contributed by atoms with Crippen molar-refractivity contribution in [2.45, 2.75) is 24.8 Å². The molecule has 3 aromatic carbocycles. The first-order chi connectivity index (χ1) is 12.5. The first kappa shape index (κ1) is 16.6. The molecule has 1 unspecified atom stereocenters. The Hall–Kier alpha value is -2.86. The summed E-state index contributed by atoms with van der Waals surface area (Å²) in [6, 6.07) is 18.1. The van der Waals surface area contributed by atoms with Crippen LogP contribution in [-0.4, -0.2) is 20.2 Å². The number of oxime groups is 1. The molecule has 26 heavy (non-hydrogen) atoms. The normalized spacial score (nSPS) is 17.9. The van der Waals surface area contributed by atoms with Crippen LogP contribution in [0.5, 0.6) is 5.75 Å². The van der Waals surface area contributed by atoms with Crippen molar-refractivity contribution in [3.05, 3.63) is 71.8 Å². The fourth-order valence-electron chi connectivity index (χ4n) is 3.02. The lowest BCUT2D eigenvalue weighted by atomic mass is 10.00. The van der Waals surface area contributed by atoms with Gasteiger partial charge in [0, 0.05) is 0 Å². The van der Waals surface area contributed by atoms with Crippen LogP contribution >= 0.6 is 0 Å². The van der Waals surface area contributed by atoms with Crippen LogP contribution in [0.3, 0.4) is 0 Å². The minimum Gasteiger partial charge on any atom is -0.484 e. The van der Waals surface area contributed by atoms with Crippen LogP contribution in [0.4, 0.5) is 0 Å². The summed E-state index contributed by atoms with van der Waals surface area (Å²) in [5.74, 6) is 0.672. The number of fused-ring (bicyclic) bond motifs is 3. The predicted octanol–water partition coefficient (Wildman–Crippen LogP) is 4.04. The first-order valence-electron chi connectivity index (χ1n) is 8.23. The van der Waals surface area contributed by atoms with Gasteiger partial charge in [-0.1, -0.05) is 53.2 Å². The van der Waals surface area contributed by atoms with Crippen molar-refractivity contribution in [2.24, 2.45) is 5.16 Å². The SMILES string of the molecule is Cc1ccc(S(=O)(=O)O/N=C2\c3c(ccc4ccccc34)OC2C)cc1. The molecule has 0 bridgehead atoms. The van der Waals surface area contributed by atoms with Crippen molar-refractivity contribution < 1.29 is 17.4 Å². The molecule has 1 aliphatic heterocycles. The zero-order valence-corrected chi connectivity index (χ0v) is 15.2. The molecule has 4 rings (SSSR count). The summed E-state index contributed by atoms with van der Waals surface area (Å²) in [7, 11) is -3.99. The van der Waals surface area contributed by atoms with Gasteiger partial charge < -0.3 is 4.74 Å². The molecular formula is C20H17NO4S. The molecule has 0 radical (unpaired) electrons. The second kappa shape index (κ2) is 6.14. The molecule has 0 amide bonds. The number of hydrogen-bond acceptors (Lipinski definition) is 5. The van der Waals surface area contributed by atoms with E-state index in [0.717, 1.165) is 21.9 Å². The van der Waals surface area contributed by atoms with Crippen LogP contribution in [0.1, 0.15) is 18.1 Å². The van der Waals surface area contributed by atoms with Crippen LogP contribution in [-0.2, 0) is 14.4 Å². The lowest BCUT2D eigenvalue weighted by Gasteiger charge is -2.06. The van der Waals surface area contributed by atoms with Crippen molar-refractivity contribution in [3.8, 4) is 5.75 Å². The van der Waals surface area contributed by atoms with E-state index in [9.17, 15) is 8.42 Å². The van der Waals surface area contributed by atoms with Crippen molar-refractivity contribution in [2.75, 3.05) is 0 Å². The van der Waals surface area contributed by atoms with Crippen molar-refractivity contribution in [1.82, 2.24) is 0 Å². The lowest BCUT2D eigenvalue weighted by Crippen LogP contribution is -2.18. The van der Waals surface area contributed by atoms with E-state index < -0.39 is 16.2 Å².